The quantitative estimate of drug-likeness (QED) is 0.814. The van der Waals surface area contributed by atoms with Crippen molar-refractivity contribution in [3.63, 3.8) is 0 Å². The number of aryl methyl sites for hydroxylation is 1. The van der Waals surface area contributed by atoms with Crippen LogP contribution in [-0.2, 0) is 0 Å². The number of anilines is 1. The van der Waals surface area contributed by atoms with Crippen LogP contribution in [0.25, 0.3) is 0 Å². The predicted octanol–water partition coefficient (Wildman–Crippen LogP) is 2.84. The van der Waals surface area contributed by atoms with Crippen LogP contribution in [0.4, 0.5) is 5.69 Å². The van der Waals surface area contributed by atoms with Crippen molar-refractivity contribution in [2.24, 2.45) is 0 Å². The molecular formula is C16H25N3. The lowest BCUT2D eigenvalue weighted by atomic mass is 10.0. The summed E-state index contributed by atoms with van der Waals surface area (Å²) in [6.07, 6.45) is 8.93. The average Bonchev–Trinajstić information content (AvgIpc) is 2.49. The van der Waals surface area contributed by atoms with E-state index in [0.717, 1.165) is 11.7 Å². The maximum Gasteiger partial charge on any atom is 0.0553 e. The first-order chi connectivity index (χ1) is 9.33. The van der Waals surface area contributed by atoms with E-state index < -0.39 is 0 Å². The molecule has 0 aliphatic carbocycles. The Labute approximate surface area is 116 Å². The molecule has 2 aliphatic rings. The molecule has 0 N–H and O–H groups in total. The molecule has 0 radical (unpaired) electrons. The van der Waals surface area contributed by atoms with E-state index in [4.69, 9.17) is 0 Å². The van der Waals surface area contributed by atoms with Gasteiger partial charge in [0.15, 0.2) is 0 Å². The Kier molecular flexibility index (Phi) is 4.02. The Morgan fingerprint density at radius 1 is 1.05 bits per heavy atom. The number of rotatable bonds is 2. The van der Waals surface area contributed by atoms with E-state index in [1.807, 2.05) is 6.20 Å². The van der Waals surface area contributed by atoms with Crippen molar-refractivity contribution in [3.05, 3.63) is 24.0 Å². The fourth-order valence-corrected chi connectivity index (χ4v) is 3.42. The molecule has 2 fully saturated rings. The molecular weight excluding hydrogens is 234 g/mol. The normalized spacial score (nSPS) is 25.5. The third-order valence-electron chi connectivity index (χ3n) is 4.56. The second kappa shape index (κ2) is 5.91. The lowest BCUT2D eigenvalue weighted by molar-refractivity contribution is 0.147. The van der Waals surface area contributed by atoms with E-state index in [2.05, 4.69) is 33.8 Å². The van der Waals surface area contributed by atoms with E-state index in [1.165, 1.54) is 64.0 Å². The fraction of sp³-hybridized carbons (Fsp3) is 0.688. The van der Waals surface area contributed by atoms with Gasteiger partial charge < -0.3 is 4.90 Å². The van der Waals surface area contributed by atoms with Crippen molar-refractivity contribution in [1.29, 1.82) is 0 Å². The molecule has 19 heavy (non-hydrogen) atoms. The minimum atomic E-state index is 0.760. The number of piperidine rings is 2. The van der Waals surface area contributed by atoms with Crippen LogP contribution in [0.3, 0.4) is 0 Å². The first-order valence-corrected chi connectivity index (χ1v) is 7.74. The maximum absolute atomic E-state index is 4.44. The van der Waals surface area contributed by atoms with Gasteiger partial charge in [-0.2, -0.15) is 0 Å². The van der Waals surface area contributed by atoms with Crippen LogP contribution in [0.15, 0.2) is 18.3 Å². The predicted molar refractivity (Wildman–Crippen MR) is 79.6 cm³/mol. The van der Waals surface area contributed by atoms with Crippen LogP contribution in [0.1, 0.15) is 37.8 Å². The molecule has 3 rings (SSSR count). The van der Waals surface area contributed by atoms with E-state index >= 15 is 0 Å². The highest BCUT2D eigenvalue weighted by Crippen LogP contribution is 2.24. The Hall–Kier alpha value is -1.09. The van der Waals surface area contributed by atoms with Gasteiger partial charge in [-0.05, 0) is 57.8 Å². The van der Waals surface area contributed by atoms with Crippen molar-refractivity contribution in [1.82, 2.24) is 9.88 Å². The summed E-state index contributed by atoms with van der Waals surface area (Å²) in [5.74, 6) is 0. The minimum absolute atomic E-state index is 0.760. The lowest BCUT2D eigenvalue weighted by Crippen LogP contribution is -2.49. The SMILES string of the molecule is Cc1ccc(N2CCCC(N3CCCCC3)C2)cn1. The molecule has 1 unspecified atom stereocenters. The Balaban J connectivity index is 1.65. The van der Waals surface area contributed by atoms with Crippen molar-refractivity contribution >= 4 is 5.69 Å². The Morgan fingerprint density at radius 2 is 1.89 bits per heavy atom. The average molecular weight is 259 g/mol. The monoisotopic (exact) mass is 259 g/mol. The second-order valence-corrected chi connectivity index (χ2v) is 6.00. The van der Waals surface area contributed by atoms with E-state index in [-0.39, 0.29) is 0 Å². The topological polar surface area (TPSA) is 19.4 Å². The largest absolute Gasteiger partial charge is 0.369 e. The summed E-state index contributed by atoms with van der Waals surface area (Å²) >= 11 is 0. The van der Waals surface area contributed by atoms with Crippen molar-refractivity contribution in [2.45, 2.75) is 45.1 Å². The summed E-state index contributed by atoms with van der Waals surface area (Å²) in [7, 11) is 0. The molecule has 3 nitrogen and oxygen atoms in total. The summed E-state index contributed by atoms with van der Waals surface area (Å²) in [6, 6.07) is 5.11. The third kappa shape index (κ3) is 3.08. The molecule has 0 bridgehead atoms. The summed E-state index contributed by atoms with van der Waals surface area (Å²) in [4.78, 5) is 9.68. The lowest BCUT2D eigenvalue weighted by Gasteiger charge is -2.41. The van der Waals surface area contributed by atoms with E-state index in [9.17, 15) is 0 Å². The zero-order valence-corrected chi connectivity index (χ0v) is 12.0. The molecule has 1 aromatic heterocycles. The first kappa shape index (κ1) is 12.9. The second-order valence-electron chi connectivity index (χ2n) is 6.00. The molecule has 104 valence electrons. The van der Waals surface area contributed by atoms with Crippen LogP contribution in [0.2, 0.25) is 0 Å². The zero-order chi connectivity index (χ0) is 13.1. The molecule has 0 spiro atoms. The van der Waals surface area contributed by atoms with Crippen LogP contribution < -0.4 is 4.90 Å². The van der Waals surface area contributed by atoms with Gasteiger partial charge in [0.25, 0.3) is 0 Å². The molecule has 0 aromatic carbocycles. The van der Waals surface area contributed by atoms with E-state index in [0.29, 0.717) is 0 Å². The van der Waals surface area contributed by atoms with E-state index in [1.54, 1.807) is 0 Å². The molecule has 2 aliphatic heterocycles. The number of hydrogen-bond acceptors (Lipinski definition) is 3. The zero-order valence-electron chi connectivity index (χ0n) is 12.0. The van der Waals surface area contributed by atoms with Gasteiger partial charge in [-0.3, -0.25) is 9.88 Å². The van der Waals surface area contributed by atoms with Crippen molar-refractivity contribution in [2.75, 3.05) is 31.1 Å². The standard InChI is InChI=1S/C16H25N3/c1-14-7-8-15(12-17-14)19-11-5-6-16(13-19)18-9-3-2-4-10-18/h7-8,12,16H,2-6,9-11,13H2,1H3. The van der Waals surface area contributed by atoms with Gasteiger partial charge in [0, 0.05) is 24.8 Å². The van der Waals surface area contributed by atoms with Gasteiger partial charge in [0.1, 0.15) is 0 Å². The van der Waals surface area contributed by atoms with Crippen LogP contribution in [-0.4, -0.2) is 42.1 Å². The molecule has 1 aromatic rings. The van der Waals surface area contributed by atoms with Crippen LogP contribution in [0, 0.1) is 6.92 Å². The molecule has 0 saturated carbocycles. The van der Waals surface area contributed by atoms with Gasteiger partial charge in [0.2, 0.25) is 0 Å². The van der Waals surface area contributed by atoms with Gasteiger partial charge in [-0.1, -0.05) is 6.42 Å². The smallest absolute Gasteiger partial charge is 0.0553 e. The Morgan fingerprint density at radius 3 is 2.63 bits per heavy atom. The number of pyridine rings is 1. The molecule has 2 saturated heterocycles. The number of nitrogens with zero attached hydrogens (tertiary/aromatic N) is 3. The summed E-state index contributed by atoms with van der Waals surface area (Å²) < 4.78 is 0. The number of likely N-dealkylation sites (tertiary alicyclic amines) is 1. The Bertz CT molecular complexity index is 395. The maximum atomic E-state index is 4.44. The fourth-order valence-electron chi connectivity index (χ4n) is 3.42. The number of aromatic nitrogens is 1. The molecule has 3 heteroatoms. The highest BCUT2D eigenvalue weighted by molar-refractivity contribution is 5.45. The summed E-state index contributed by atoms with van der Waals surface area (Å²) in [5.41, 5.74) is 2.40. The van der Waals surface area contributed by atoms with Crippen LogP contribution >= 0.6 is 0 Å². The van der Waals surface area contributed by atoms with Crippen molar-refractivity contribution in [3.8, 4) is 0 Å². The minimum Gasteiger partial charge on any atom is -0.369 e. The number of hydrogen-bond donors (Lipinski definition) is 0. The van der Waals surface area contributed by atoms with Gasteiger partial charge in [-0.15, -0.1) is 0 Å². The highest BCUT2D eigenvalue weighted by atomic mass is 15.2. The van der Waals surface area contributed by atoms with Gasteiger partial charge >= 0.3 is 0 Å². The summed E-state index contributed by atoms with van der Waals surface area (Å²) in [6.45, 7) is 7.05. The molecule has 0 amide bonds. The summed E-state index contributed by atoms with van der Waals surface area (Å²) in [5, 5.41) is 0. The highest BCUT2D eigenvalue weighted by Gasteiger charge is 2.26. The third-order valence-corrected chi connectivity index (χ3v) is 4.56. The van der Waals surface area contributed by atoms with Gasteiger partial charge in [0.05, 0.1) is 11.9 Å². The molecule has 1 atom stereocenters. The van der Waals surface area contributed by atoms with Crippen molar-refractivity contribution < 1.29 is 0 Å². The first-order valence-electron chi connectivity index (χ1n) is 7.74. The van der Waals surface area contributed by atoms with Crippen LogP contribution in [0.5, 0.6) is 0 Å². The van der Waals surface area contributed by atoms with Gasteiger partial charge in [-0.25, -0.2) is 0 Å². The molecule has 3 heterocycles.